The average molecular weight is 150 g/mol. The monoisotopic (exact) mass is 150 g/mol. The third kappa shape index (κ3) is 1.50. The largest absolute Gasteiger partial charge is 0.373 e. The van der Waals surface area contributed by atoms with Gasteiger partial charge in [-0.2, -0.15) is 0 Å². The summed E-state index contributed by atoms with van der Waals surface area (Å²) in [4.78, 5) is 4.22. The van der Waals surface area contributed by atoms with Gasteiger partial charge in [-0.25, -0.2) is 4.98 Å². The highest BCUT2D eigenvalue weighted by atomic mass is 15.0. The van der Waals surface area contributed by atoms with Crippen LogP contribution in [0.2, 0.25) is 0 Å². The lowest BCUT2D eigenvalue weighted by atomic mass is 10.1. The average Bonchev–Trinajstić information content (AvgIpc) is 2.04. The molecule has 0 spiro atoms. The Morgan fingerprint density at radius 1 is 1.55 bits per heavy atom. The predicted molar refractivity (Wildman–Crippen MR) is 47.9 cm³/mol. The Kier molecular flexibility index (Phi) is 2.47. The van der Waals surface area contributed by atoms with Gasteiger partial charge >= 0.3 is 0 Å². The topological polar surface area (TPSA) is 24.9 Å². The molecule has 0 amide bonds. The van der Waals surface area contributed by atoms with Crippen LogP contribution >= 0.6 is 0 Å². The first-order valence-corrected chi connectivity index (χ1v) is 3.91. The van der Waals surface area contributed by atoms with E-state index >= 15 is 0 Å². The second-order valence-corrected chi connectivity index (χ2v) is 2.56. The summed E-state index contributed by atoms with van der Waals surface area (Å²) >= 11 is 0. The predicted octanol–water partition coefficient (Wildman–Crippen LogP) is 1.99. The molecule has 0 atom stereocenters. The van der Waals surface area contributed by atoms with Gasteiger partial charge in [-0.05, 0) is 30.5 Å². The summed E-state index contributed by atoms with van der Waals surface area (Å²) in [5.74, 6) is 1.01. The molecule has 0 aliphatic heterocycles. The van der Waals surface area contributed by atoms with Gasteiger partial charge in [-0.3, -0.25) is 0 Å². The fraction of sp³-hybridized carbons (Fsp3) is 0.444. The number of pyridine rings is 1. The second kappa shape index (κ2) is 3.37. The first-order valence-electron chi connectivity index (χ1n) is 3.91. The molecule has 1 N–H and O–H groups in total. The Bertz CT molecular complexity index is 243. The third-order valence-corrected chi connectivity index (χ3v) is 1.88. The molecule has 1 aromatic heterocycles. The number of rotatable bonds is 2. The molecule has 0 aliphatic rings. The Balaban J connectivity index is 3.13. The van der Waals surface area contributed by atoms with Crippen molar-refractivity contribution in [3.8, 4) is 0 Å². The molecular weight excluding hydrogens is 136 g/mol. The van der Waals surface area contributed by atoms with Crippen molar-refractivity contribution in [2.45, 2.75) is 20.3 Å². The van der Waals surface area contributed by atoms with E-state index in [1.807, 2.05) is 19.3 Å². The van der Waals surface area contributed by atoms with Crippen molar-refractivity contribution in [1.82, 2.24) is 4.98 Å². The van der Waals surface area contributed by atoms with Crippen LogP contribution in [0.4, 0.5) is 5.82 Å². The van der Waals surface area contributed by atoms with E-state index in [0.717, 1.165) is 12.2 Å². The maximum Gasteiger partial charge on any atom is 0.129 e. The van der Waals surface area contributed by atoms with Crippen molar-refractivity contribution in [2.24, 2.45) is 0 Å². The number of hydrogen-bond donors (Lipinski definition) is 1. The molecule has 0 aliphatic carbocycles. The van der Waals surface area contributed by atoms with E-state index in [1.165, 1.54) is 11.1 Å². The van der Waals surface area contributed by atoms with Gasteiger partial charge < -0.3 is 5.32 Å². The molecule has 0 bridgehead atoms. The minimum atomic E-state index is 1.01. The van der Waals surface area contributed by atoms with Gasteiger partial charge in [0.15, 0.2) is 0 Å². The molecule has 0 saturated heterocycles. The lowest BCUT2D eigenvalue weighted by Crippen LogP contribution is -1.99. The quantitative estimate of drug-likeness (QED) is 0.697. The van der Waals surface area contributed by atoms with Crippen LogP contribution in [0.1, 0.15) is 18.1 Å². The Morgan fingerprint density at radius 3 is 2.73 bits per heavy atom. The number of nitrogens with zero attached hydrogens (tertiary/aromatic N) is 1. The molecule has 2 nitrogen and oxygen atoms in total. The number of nitrogens with one attached hydrogen (secondary N) is 1. The summed E-state index contributed by atoms with van der Waals surface area (Å²) in [5, 5.41) is 3.08. The van der Waals surface area contributed by atoms with Crippen molar-refractivity contribution in [3.63, 3.8) is 0 Å². The number of aryl methyl sites for hydroxylation is 1. The second-order valence-electron chi connectivity index (χ2n) is 2.56. The SMILES string of the molecule is CCc1c(C)ccnc1NC. The highest BCUT2D eigenvalue weighted by molar-refractivity contribution is 5.47. The minimum absolute atomic E-state index is 1.01. The minimum Gasteiger partial charge on any atom is -0.373 e. The van der Waals surface area contributed by atoms with Gasteiger partial charge in [0.25, 0.3) is 0 Å². The van der Waals surface area contributed by atoms with Crippen molar-refractivity contribution in [1.29, 1.82) is 0 Å². The Morgan fingerprint density at radius 2 is 2.27 bits per heavy atom. The molecule has 1 heterocycles. The van der Waals surface area contributed by atoms with Gasteiger partial charge in [0.1, 0.15) is 5.82 Å². The van der Waals surface area contributed by atoms with Crippen LogP contribution in [0.5, 0.6) is 0 Å². The van der Waals surface area contributed by atoms with E-state index in [2.05, 4.69) is 24.1 Å². The molecule has 0 aromatic carbocycles. The van der Waals surface area contributed by atoms with Crippen LogP contribution in [0.15, 0.2) is 12.3 Å². The van der Waals surface area contributed by atoms with Crippen LogP contribution in [0.3, 0.4) is 0 Å². The summed E-state index contributed by atoms with van der Waals surface area (Å²) < 4.78 is 0. The number of aromatic nitrogens is 1. The van der Waals surface area contributed by atoms with E-state index < -0.39 is 0 Å². The van der Waals surface area contributed by atoms with Gasteiger partial charge in [0.05, 0.1) is 0 Å². The molecule has 1 aromatic rings. The molecule has 0 saturated carbocycles. The molecule has 60 valence electrons. The third-order valence-electron chi connectivity index (χ3n) is 1.88. The van der Waals surface area contributed by atoms with E-state index in [4.69, 9.17) is 0 Å². The summed E-state index contributed by atoms with van der Waals surface area (Å²) in [6, 6.07) is 2.04. The summed E-state index contributed by atoms with van der Waals surface area (Å²) in [7, 11) is 1.90. The highest BCUT2D eigenvalue weighted by Crippen LogP contribution is 2.15. The Labute approximate surface area is 67.7 Å². The lowest BCUT2D eigenvalue weighted by molar-refractivity contribution is 1.07. The maximum absolute atomic E-state index is 4.22. The van der Waals surface area contributed by atoms with Crippen molar-refractivity contribution >= 4 is 5.82 Å². The van der Waals surface area contributed by atoms with Crippen LogP contribution in [0, 0.1) is 6.92 Å². The highest BCUT2D eigenvalue weighted by Gasteiger charge is 2.01. The zero-order valence-electron chi connectivity index (χ0n) is 7.31. The fourth-order valence-electron chi connectivity index (χ4n) is 1.25. The molecule has 11 heavy (non-hydrogen) atoms. The molecule has 0 radical (unpaired) electrons. The molecular formula is C9H14N2. The molecule has 0 fully saturated rings. The molecule has 0 unspecified atom stereocenters. The first kappa shape index (κ1) is 8.05. The Hall–Kier alpha value is -1.05. The standard InChI is InChI=1S/C9H14N2/c1-4-8-7(2)5-6-11-9(8)10-3/h5-6H,4H2,1-3H3,(H,10,11). The normalized spacial score (nSPS) is 9.73. The van der Waals surface area contributed by atoms with E-state index in [0.29, 0.717) is 0 Å². The summed E-state index contributed by atoms with van der Waals surface area (Å²) in [6.07, 6.45) is 2.87. The fourth-order valence-corrected chi connectivity index (χ4v) is 1.25. The van der Waals surface area contributed by atoms with E-state index in [9.17, 15) is 0 Å². The summed E-state index contributed by atoms with van der Waals surface area (Å²) in [5.41, 5.74) is 2.63. The molecule has 1 rings (SSSR count). The van der Waals surface area contributed by atoms with Crippen molar-refractivity contribution < 1.29 is 0 Å². The van der Waals surface area contributed by atoms with Crippen LogP contribution in [-0.2, 0) is 6.42 Å². The number of hydrogen-bond acceptors (Lipinski definition) is 2. The van der Waals surface area contributed by atoms with Gasteiger partial charge in [0.2, 0.25) is 0 Å². The summed E-state index contributed by atoms with van der Waals surface area (Å²) in [6.45, 7) is 4.26. The van der Waals surface area contributed by atoms with E-state index in [1.54, 1.807) is 0 Å². The first-order chi connectivity index (χ1) is 5.29. The lowest BCUT2D eigenvalue weighted by Gasteiger charge is -2.07. The van der Waals surface area contributed by atoms with Crippen LogP contribution < -0.4 is 5.32 Å². The van der Waals surface area contributed by atoms with Gasteiger partial charge in [0, 0.05) is 13.2 Å². The zero-order chi connectivity index (χ0) is 8.27. The molecule has 2 heteroatoms. The van der Waals surface area contributed by atoms with Crippen molar-refractivity contribution in [2.75, 3.05) is 12.4 Å². The van der Waals surface area contributed by atoms with E-state index in [-0.39, 0.29) is 0 Å². The van der Waals surface area contributed by atoms with Crippen LogP contribution in [0.25, 0.3) is 0 Å². The smallest absolute Gasteiger partial charge is 0.129 e. The van der Waals surface area contributed by atoms with Crippen LogP contribution in [-0.4, -0.2) is 12.0 Å². The van der Waals surface area contributed by atoms with Crippen molar-refractivity contribution in [3.05, 3.63) is 23.4 Å². The van der Waals surface area contributed by atoms with Gasteiger partial charge in [-0.1, -0.05) is 6.92 Å². The zero-order valence-corrected chi connectivity index (χ0v) is 7.31. The number of anilines is 1. The maximum atomic E-state index is 4.22. The van der Waals surface area contributed by atoms with Gasteiger partial charge in [-0.15, -0.1) is 0 Å².